The number of nitrogens with one attached hydrogen (secondary N) is 1. The van der Waals surface area contributed by atoms with Gasteiger partial charge in [-0.2, -0.15) is 13.8 Å². The van der Waals surface area contributed by atoms with Gasteiger partial charge in [0, 0.05) is 25.5 Å². The number of tetrazole rings is 1. The lowest BCUT2D eigenvalue weighted by atomic mass is 10.2. The van der Waals surface area contributed by atoms with Crippen molar-refractivity contribution in [3.05, 3.63) is 46.2 Å². The van der Waals surface area contributed by atoms with Crippen molar-refractivity contribution in [3.8, 4) is 5.69 Å². The Balaban J connectivity index is 2.41. The number of nitrogens with two attached hydrogens (primary N) is 1. The van der Waals surface area contributed by atoms with Gasteiger partial charge in [0.1, 0.15) is 6.61 Å². The third kappa shape index (κ3) is 2.94. The number of hydrogen-bond acceptors (Lipinski definition) is 7. The number of halogens is 1. The smallest absolute Gasteiger partial charge is 0.368 e. The number of aryl methyl sites for hydroxylation is 1. The average Bonchev–Trinajstić information content (AvgIpc) is 2.78. The van der Waals surface area contributed by atoms with Crippen LogP contribution in [0.5, 0.6) is 0 Å². The maximum atomic E-state index is 13.8. The van der Waals surface area contributed by atoms with Gasteiger partial charge in [0.05, 0.1) is 11.3 Å². The number of nitrogens with zero attached hydrogens (tertiary/aromatic N) is 5. The Morgan fingerprint density at radius 2 is 2.33 bits per heavy atom. The predicted molar refractivity (Wildman–Crippen MR) is 70.2 cm³/mol. The molecular weight excluding hydrogens is 281 g/mol. The molecule has 0 atom stereocenters. The molecule has 3 N–H and O–H groups in total. The van der Waals surface area contributed by atoms with E-state index in [1.54, 1.807) is 0 Å². The first-order valence-electron chi connectivity index (χ1n) is 5.76. The minimum absolute atomic E-state index is 0.00132. The van der Waals surface area contributed by atoms with Crippen LogP contribution in [0.2, 0.25) is 0 Å². The molecule has 0 saturated carbocycles. The van der Waals surface area contributed by atoms with Gasteiger partial charge in [0.25, 0.3) is 0 Å². The molecule has 0 aliphatic rings. The van der Waals surface area contributed by atoms with Crippen molar-refractivity contribution in [3.63, 3.8) is 0 Å². The number of pyridine rings is 1. The van der Waals surface area contributed by atoms with Gasteiger partial charge < -0.3 is 15.9 Å². The van der Waals surface area contributed by atoms with Crippen molar-refractivity contribution < 1.29 is 9.13 Å². The number of aromatic nitrogens is 5. The molecule has 0 fully saturated rings. The molecule has 9 nitrogen and oxygen atoms in total. The minimum Gasteiger partial charge on any atom is -0.474 e. The van der Waals surface area contributed by atoms with Crippen LogP contribution in [0.15, 0.2) is 29.0 Å². The summed E-state index contributed by atoms with van der Waals surface area (Å²) in [6, 6.07) is 1.41. The first kappa shape index (κ1) is 14.4. The molecule has 110 valence electrons. The molecular formula is C11H12FN7O2. The number of hydrogen-bond donors (Lipinski definition) is 2. The van der Waals surface area contributed by atoms with E-state index in [4.69, 9.17) is 15.9 Å². The van der Waals surface area contributed by atoms with Crippen molar-refractivity contribution in [1.29, 1.82) is 5.41 Å². The Kier molecular flexibility index (Phi) is 4.07. The normalized spacial score (nSPS) is 11.4. The summed E-state index contributed by atoms with van der Waals surface area (Å²) in [5.41, 5.74) is 5.07. The van der Waals surface area contributed by atoms with Gasteiger partial charge in [-0.25, -0.2) is 9.78 Å². The number of rotatable bonds is 5. The minimum atomic E-state index is -0.812. The lowest BCUT2D eigenvalue weighted by Gasteiger charge is -2.10. The molecule has 0 aliphatic heterocycles. The second-order valence-corrected chi connectivity index (χ2v) is 3.92. The van der Waals surface area contributed by atoms with Crippen LogP contribution in [-0.4, -0.2) is 31.0 Å². The van der Waals surface area contributed by atoms with E-state index in [1.807, 2.05) is 0 Å². The molecule has 2 aromatic heterocycles. The topological polar surface area (TPSA) is 125 Å². The van der Waals surface area contributed by atoms with Gasteiger partial charge in [-0.15, -0.1) is 0 Å². The Morgan fingerprint density at radius 3 is 2.95 bits per heavy atom. The second kappa shape index (κ2) is 5.94. The first-order chi connectivity index (χ1) is 10.0. The molecule has 0 aliphatic carbocycles. The quantitative estimate of drug-likeness (QED) is 0.433. The summed E-state index contributed by atoms with van der Waals surface area (Å²) in [6.45, 7) is -0.270. The summed E-state index contributed by atoms with van der Waals surface area (Å²) in [5, 5.41) is 14.0. The Bertz CT molecular complexity index is 749. The van der Waals surface area contributed by atoms with Crippen LogP contribution in [-0.2, 0) is 18.4 Å². The highest BCUT2D eigenvalue weighted by Gasteiger charge is 2.16. The lowest BCUT2D eigenvalue weighted by Crippen LogP contribution is -2.23. The highest BCUT2D eigenvalue weighted by Crippen LogP contribution is 2.15. The van der Waals surface area contributed by atoms with Crippen LogP contribution in [0.25, 0.3) is 5.69 Å². The summed E-state index contributed by atoms with van der Waals surface area (Å²) in [7, 11) is 1.42. The molecule has 0 bridgehead atoms. The van der Waals surface area contributed by atoms with Crippen molar-refractivity contribution in [1.82, 2.24) is 24.8 Å². The summed E-state index contributed by atoms with van der Waals surface area (Å²) < 4.78 is 20.9. The monoisotopic (exact) mass is 293 g/mol. The van der Waals surface area contributed by atoms with Crippen LogP contribution in [0.3, 0.4) is 0 Å². The Hall–Kier alpha value is -3.04. The fourth-order valence-electron chi connectivity index (χ4n) is 1.54. The van der Waals surface area contributed by atoms with E-state index in [0.717, 1.165) is 15.6 Å². The van der Waals surface area contributed by atoms with Gasteiger partial charge in [-0.05, 0) is 16.5 Å². The zero-order chi connectivity index (χ0) is 15.4. The van der Waals surface area contributed by atoms with Crippen molar-refractivity contribution >= 4 is 6.21 Å². The second-order valence-electron chi connectivity index (χ2n) is 3.92. The molecule has 2 aromatic rings. The average molecular weight is 293 g/mol. The molecule has 0 unspecified atom stereocenters. The molecule has 0 aromatic carbocycles. The highest BCUT2D eigenvalue weighted by molar-refractivity contribution is 5.68. The fourth-order valence-corrected chi connectivity index (χ4v) is 1.54. The maximum absolute atomic E-state index is 13.8. The standard InChI is InChI=1S/C11H12FN7O2/c1-18-11(20)19(17-16-18)8-3-5-15-10(12)7(8)6-21-9(14)2-4-13/h2-5,13H,6,14H2,1H3. The molecule has 10 heteroatoms. The summed E-state index contributed by atoms with van der Waals surface area (Å²) >= 11 is 0. The van der Waals surface area contributed by atoms with E-state index in [9.17, 15) is 9.18 Å². The van der Waals surface area contributed by atoms with Crippen LogP contribution >= 0.6 is 0 Å². The molecule has 0 spiro atoms. The SMILES string of the molecule is Cn1nnn(-c2ccnc(F)c2COC(N)=CC=N)c1=O. The van der Waals surface area contributed by atoms with E-state index in [2.05, 4.69) is 15.4 Å². The van der Waals surface area contributed by atoms with Crippen LogP contribution in [0, 0.1) is 11.4 Å². The zero-order valence-corrected chi connectivity index (χ0v) is 11.0. The van der Waals surface area contributed by atoms with E-state index >= 15 is 0 Å². The third-order valence-electron chi connectivity index (χ3n) is 2.56. The van der Waals surface area contributed by atoms with Gasteiger partial charge >= 0.3 is 5.69 Å². The van der Waals surface area contributed by atoms with Crippen molar-refractivity contribution in [2.75, 3.05) is 0 Å². The van der Waals surface area contributed by atoms with E-state index in [0.29, 0.717) is 0 Å². The molecule has 2 rings (SSSR count). The summed E-state index contributed by atoms with van der Waals surface area (Å²) in [6.07, 6.45) is 3.33. The van der Waals surface area contributed by atoms with Gasteiger partial charge in [-0.3, -0.25) is 0 Å². The molecule has 0 saturated heterocycles. The number of ether oxygens (including phenoxy) is 1. The summed E-state index contributed by atoms with van der Waals surface area (Å²) in [4.78, 5) is 15.3. The fraction of sp³-hybridized carbons (Fsp3) is 0.182. The first-order valence-corrected chi connectivity index (χ1v) is 5.76. The predicted octanol–water partition coefficient (Wildman–Crippen LogP) is -0.534. The van der Waals surface area contributed by atoms with E-state index < -0.39 is 11.6 Å². The summed E-state index contributed by atoms with van der Waals surface area (Å²) in [5.74, 6) is -0.876. The molecule has 2 heterocycles. The van der Waals surface area contributed by atoms with Crippen LogP contribution in [0.1, 0.15) is 5.56 Å². The molecule has 21 heavy (non-hydrogen) atoms. The highest BCUT2D eigenvalue weighted by atomic mass is 19.1. The van der Waals surface area contributed by atoms with Crippen LogP contribution < -0.4 is 11.4 Å². The zero-order valence-electron chi connectivity index (χ0n) is 11.0. The van der Waals surface area contributed by atoms with Gasteiger partial charge in [0.2, 0.25) is 5.95 Å². The maximum Gasteiger partial charge on any atom is 0.368 e. The Morgan fingerprint density at radius 1 is 1.57 bits per heavy atom. The van der Waals surface area contributed by atoms with E-state index in [1.165, 1.54) is 25.4 Å². The third-order valence-corrected chi connectivity index (χ3v) is 2.56. The van der Waals surface area contributed by atoms with E-state index in [-0.39, 0.29) is 23.7 Å². The number of allylic oxidation sites excluding steroid dienone is 1. The largest absolute Gasteiger partial charge is 0.474 e. The van der Waals surface area contributed by atoms with Crippen molar-refractivity contribution in [2.24, 2.45) is 12.8 Å². The van der Waals surface area contributed by atoms with Gasteiger partial charge in [0.15, 0.2) is 5.88 Å². The Labute approximate surface area is 118 Å². The molecule has 0 radical (unpaired) electrons. The molecule has 0 amide bonds. The van der Waals surface area contributed by atoms with Crippen LogP contribution in [0.4, 0.5) is 4.39 Å². The van der Waals surface area contributed by atoms with Crippen molar-refractivity contribution in [2.45, 2.75) is 6.61 Å². The van der Waals surface area contributed by atoms with Gasteiger partial charge in [-0.1, -0.05) is 0 Å². The lowest BCUT2D eigenvalue weighted by molar-refractivity contribution is 0.192.